The molecule has 0 unspecified atom stereocenters. The zero-order valence-corrected chi connectivity index (χ0v) is 14.6. The molecular formula is C20H20N4O2. The number of pyridine rings is 1. The number of nitrogens with zero attached hydrogens (tertiary/aromatic N) is 4. The average molecular weight is 348 g/mol. The van der Waals surface area contributed by atoms with Crippen molar-refractivity contribution in [3.05, 3.63) is 65.9 Å². The van der Waals surface area contributed by atoms with Crippen LogP contribution in [0.1, 0.15) is 47.1 Å². The van der Waals surface area contributed by atoms with Gasteiger partial charge in [0.2, 0.25) is 6.39 Å². The first-order chi connectivity index (χ1) is 12.8. The van der Waals surface area contributed by atoms with Crippen LogP contribution in [-0.2, 0) is 0 Å². The fourth-order valence-electron chi connectivity index (χ4n) is 3.59. The van der Waals surface area contributed by atoms with Crippen molar-refractivity contribution in [2.24, 2.45) is 0 Å². The van der Waals surface area contributed by atoms with E-state index in [4.69, 9.17) is 4.52 Å². The van der Waals surface area contributed by atoms with Gasteiger partial charge in [-0.3, -0.25) is 9.78 Å². The zero-order chi connectivity index (χ0) is 17.9. The van der Waals surface area contributed by atoms with Gasteiger partial charge >= 0.3 is 0 Å². The van der Waals surface area contributed by atoms with Crippen molar-refractivity contribution < 1.29 is 9.32 Å². The van der Waals surface area contributed by atoms with E-state index in [1.807, 2.05) is 48.2 Å². The van der Waals surface area contributed by atoms with Crippen LogP contribution >= 0.6 is 0 Å². The molecule has 0 saturated carbocycles. The molecule has 1 aliphatic heterocycles. The summed E-state index contributed by atoms with van der Waals surface area (Å²) in [5, 5.41) is 3.96. The molecule has 1 aliphatic rings. The number of likely N-dealkylation sites (tertiary alicyclic amines) is 1. The predicted molar refractivity (Wildman–Crippen MR) is 96.3 cm³/mol. The van der Waals surface area contributed by atoms with Crippen LogP contribution in [0.25, 0.3) is 11.3 Å². The van der Waals surface area contributed by atoms with Crippen molar-refractivity contribution in [2.75, 3.05) is 6.54 Å². The molecule has 0 radical (unpaired) electrons. The smallest absolute Gasteiger partial charge is 0.254 e. The molecule has 1 saturated heterocycles. The Labute approximate surface area is 151 Å². The van der Waals surface area contributed by atoms with E-state index in [1.54, 1.807) is 6.20 Å². The Balaban J connectivity index is 1.69. The molecule has 0 spiro atoms. The second-order valence-corrected chi connectivity index (χ2v) is 6.49. The number of hydrogen-bond acceptors (Lipinski definition) is 5. The van der Waals surface area contributed by atoms with Gasteiger partial charge < -0.3 is 9.42 Å². The number of hydrogen-bond donors (Lipinski definition) is 0. The molecule has 1 atom stereocenters. The molecule has 2 aromatic heterocycles. The Bertz CT molecular complexity index is 893. The van der Waals surface area contributed by atoms with Crippen molar-refractivity contribution in [2.45, 2.75) is 32.2 Å². The SMILES string of the molecule is Cc1c(C(=O)N2CCCC[C@@H]2c2ncon2)cccc1-c1ccccn1. The molecule has 132 valence electrons. The highest BCUT2D eigenvalue weighted by Gasteiger charge is 2.32. The molecule has 4 rings (SSSR count). The maximum atomic E-state index is 13.3. The first-order valence-corrected chi connectivity index (χ1v) is 8.84. The van der Waals surface area contributed by atoms with Gasteiger partial charge in [-0.25, -0.2) is 0 Å². The lowest BCUT2D eigenvalue weighted by Gasteiger charge is -2.34. The molecule has 1 amide bonds. The third-order valence-corrected chi connectivity index (χ3v) is 4.95. The summed E-state index contributed by atoms with van der Waals surface area (Å²) in [6.07, 6.45) is 5.97. The molecule has 26 heavy (non-hydrogen) atoms. The maximum absolute atomic E-state index is 13.3. The van der Waals surface area contributed by atoms with Crippen LogP contribution in [0.3, 0.4) is 0 Å². The molecule has 3 aromatic rings. The van der Waals surface area contributed by atoms with E-state index in [2.05, 4.69) is 15.1 Å². The highest BCUT2D eigenvalue weighted by molar-refractivity contribution is 5.97. The first-order valence-electron chi connectivity index (χ1n) is 8.84. The third-order valence-electron chi connectivity index (χ3n) is 4.95. The summed E-state index contributed by atoms with van der Waals surface area (Å²) in [5.74, 6) is 0.589. The maximum Gasteiger partial charge on any atom is 0.254 e. The second-order valence-electron chi connectivity index (χ2n) is 6.49. The van der Waals surface area contributed by atoms with E-state index in [0.717, 1.165) is 36.1 Å². The quantitative estimate of drug-likeness (QED) is 0.720. The molecule has 3 heterocycles. The summed E-state index contributed by atoms with van der Waals surface area (Å²) in [7, 11) is 0. The van der Waals surface area contributed by atoms with Crippen LogP contribution in [0.2, 0.25) is 0 Å². The van der Waals surface area contributed by atoms with Crippen molar-refractivity contribution in [3.8, 4) is 11.3 Å². The summed E-state index contributed by atoms with van der Waals surface area (Å²) in [4.78, 5) is 23.8. The van der Waals surface area contributed by atoms with Crippen LogP contribution in [0, 0.1) is 6.92 Å². The molecule has 6 nitrogen and oxygen atoms in total. The van der Waals surface area contributed by atoms with Crippen LogP contribution < -0.4 is 0 Å². The lowest BCUT2D eigenvalue weighted by molar-refractivity contribution is 0.0596. The Hall–Kier alpha value is -3.02. The Morgan fingerprint density at radius 3 is 2.85 bits per heavy atom. The summed E-state index contributed by atoms with van der Waals surface area (Å²) in [6.45, 7) is 2.68. The van der Waals surface area contributed by atoms with Crippen molar-refractivity contribution >= 4 is 5.91 Å². The lowest BCUT2D eigenvalue weighted by atomic mass is 9.96. The van der Waals surface area contributed by atoms with Gasteiger partial charge in [0, 0.05) is 23.9 Å². The van der Waals surface area contributed by atoms with E-state index in [0.29, 0.717) is 17.9 Å². The number of rotatable bonds is 3. The van der Waals surface area contributed by atoms with Crippen LogP contribution in [0.5, 0.6) is 0 Å². The Kier molecular flexibility index (Phi) is 4.48. The monoisotopic (exact) mass is 348 g/mol. The minimum atomic E-state index is -0.132. The predicted octanol–water partition coefficient (Wildman–Crippen LogP) is 3.81. The number of amides is 1. The van der Waals surface area contributed by atoms with E-state index in [1.165, 1.54) is 6.39 Å². The second kappa shape index (κ2) is 7.07. The highest BCUT2D eigenvalue weighted by atomic mass is 16.5. The minimum Gasteiger partial charge on any atom is -0.343 e. The van der Waals surface area contributed by atoms with Crippen molar-refractivity contribution in [3.63, 3.8) is 0 Å². The van der Waals surface area contributed by atoms with Gasteiger partial charge in [0.25, 0.3) is 5.91 Å². The van der Waals surface area contributed by atoms with Gasteiger partial charge in [-0.2, -0.15) is 4.98 Å². The highest BCUT2D eigenvalue weighted by Crippen LogP contribution is 2.32. The fourth-order valence-corrected chi connectivity index (χ4v) is 3.59. The number of aromatic nitrogens is 3. The number of benzene rings is 1. The van der Waals surface area contributed by atoms with Gasteiger partial charge in [-0.1, -0.05) is 23.4 Å². The topological polar surface area (TPSA) is 72.1 Å². The third kappa shape index (κ3) is 2.98. The van der Waals surface area contributed by atoms with Crippen LogP contribution in [-0.4, -0.2) is 32.5 Å². The van der Waals surface area contributed by atoms with Gasteiger partial charge in [0.05, 0.1) is 11.7 Å². The largest absolute Gasteiger partial charge is 0.343 e. The molecule has 0 aliphatic carbocycles. The van der Waals surface area contributed by atoms with Gasteiger partial charge in [0.1, 0.15) is 0 Å². The van der Waals surface area contributed by atoms with Crippen LogP contribution in [0.15, 0.2) is 53.5 Å². The van der Waals surface area contributed by atoms with Gasteiger partial charge in [-0.15, -0.1) is 0 Å². The van der Waals surface area contributed by atoms with E-state index >= 15 is 0 Å². The molecule has 1 aromatic carbocycles. The van der Waals surface area contributed by atoms with E-state index in [9.17, 15) is 4.79 Å². The fraction of sp³-hybridized carbons (Fsp3) is 0.300. The van der Waals surface area contributed by atoms with Gasteiger partial charge in [-0.05, 0) is 49.9 Å². The average Bonchev–Trinajstić information content (AvgIpc) is 3.23. The Morgan fingerprint density at radius 2 is 2.08 bits per heavy atom. The summed E-state index contributed by atoms with van der Waals surface area (Å²) in [6, 6.07) is 11.5. The molecule has 6 heteroatoms. The molecular weight excluding hydrogens is 328 g/mol. The van der Waals surface area contributed by atoms with Crippen LogP contribution in [0.4, 0.5) is 0 Å². The molecule has 0 bridgehead atoms. The molecule has 1 fully saturated rings. The normalized spacial score (nSPS) is 17.3. The van der Waals surface area contributed by atoms with Gasteiger partial charge in [0.15, 0.2) is 5.82 Å². The summed E-state index contributed by atoms with van der Waals surface area (Å²) in [5.41, 5.74) is 3.48. The molecule has 0 N–H and O–H groups in total. The van der Waals surface area contributed by atoms with Crippen molar-refractivity contribution in [1.29, 1.82) is 0 Å². The lowest BCUT2D eigenvalue weighted by Crippen LogP contribution is -2.39. The number of carbonyl (C=O) groups excluding carboxylic acids is 1. The zero-order valence-electron chi connectivity index (χ0n) is 14.6. The number of carbonyl (C=O) groups is 1. The number of piperidine rings is 1. The van der Waals surface area contributed by atoms with E-state index < -0.39 is 0 Å². The standard InChI is InChI=1S/C20H20N4O2/c1-14-15(17-9-2-4-11-21-17)7-6-8-16(14)20(25)24-12-5-3-10-18(24)19-22-13-26-23-19/h2,4,6-9,11,13,18H,3,5,10,12H2,1H3/t18-/m1/s1. The van der Waals surface area contributed by atoms with E-state index in [-0.39, 0.29) is 11.9 Å². The Morgan fingerprint density at radius 1 is 1.15 bits per heavy atom. The summed E-state index contributed by atoms with van der Waals surface area (Å²) >= 11 is 0. The summed E-state index contributed by atoms with van der Waals surface area (Å²) < 4.78 is 4.89. The van der Waals surface area contributed by atoms with Crippen molar-refractivity contribution in [1.82, 2.24) is 20.0 Å². The first kappa shape index (κ1) is 16.4. The minimum absolute atomic E-state index is 0.00906.